The maximum absolute atomic E-state index is 13.0. The molecule has 0 fully saturated rings. The minimum absolute atomic E-state index is 0.0211. The van der Waals surface area contributed by atoms with Gasteiger partial charge in [-0.25, -0.2) is 8.42 Å². The summed E-state index contributed by atoms with van der Waals surface area (Å²) in [6, 6.07) is 9.50. The molecule has 0 saturated carbocycles. The Morgan fingerprint density at radius 1 is 1.07 bits per heavy atom. The Balaban J connectivity index is 1.94. The maximum atomic E-state index is 13.0. The van der Waals surface area contributed by atoms with Crippen molar-refractivity contribution in [2.75, 3.05) is 25.0 Å². The molecular weight excluding hydrogens is 394 g/mol. The van der Waals surface area contributed by atoms with Gasteiger partial charge in [0.25, 0.3) is 5.91 Å². The van der Waals surface area contributed by atoms with Gasteiger partial charge in [-0.1, -0.05) is 13.8 Å². The first kappa shape index (κ1) is 20.7. The number of anilines is 1. The van der Waals surface area contributed by atoms with Crippen LogP contribution in [0.3, 0.4) is 0 Å². The topological polar surface area (TPSA) is 117 Å². The number of nitrogens with one attached hydrogen (secondary N) is 2. The van der Waals surface area contributed by atoms with Crippen LogP contribution in [0.25, 0.3) is 11.0 Å². The lowest BCUT2D eigenvalue weighted by atomic mass is 10.2. The van der Waals surface area contributed by atoms with Gasteiger partial charge in [0.1, 0.15) is 21.7 Å². The van der Waals surface area contributed by atoms with Crippen LogP contribution in [0.15, 0.2) is 41.3 Å². The summed E-state index contributed by atoms with van der Waals surface area (Å²) in [5.41, 5.74) is 1.95. The molecule has 154 valence electrons. The van der Waals surface area contributed by atoms with Crippen molar-refractivity contribution in [1.29, 1.82) is 0 Å². The molecule has 0 atom stereocenters. The van der Waals surface area contributed by atoms with Crippen LogP contribution in [-0.2, 0) is 10.0 Å². The van der Waals surface area contributed by atoms with E-state index in [1.807, 2.05) is 0 Å². The number of carbonyl (C=O) groups excluding carboxylic acids is 1. The van der Waals surface area contributed by atoms with Crippen molar-refractivity contribution in [3.05, 3.63) is 42.0 Å². The molecule has 2 aromatic carbocycles. The summed E-state index contributed by atoms with van der Waals surface area (Å²) >= 11 is 0. The Hall–Kier alpha value is -2.98. The van der Waals surface area contributed by atoms with E-state index in [1.54, 1.807) is 51.1 Å². The zero-order valence-electron chi connectivity index (χ0n) is 16.5. The fourth-order valence-corrected chi connectivity index (χ4v) is 4.56. The van der Waals surface area contributed by atoms with Crippen LogP contribution in [0.4, 0.5) is 5.69 Å². The average molecular weight is 417 g/mol. The van der Waals surface area contributed by atoms with Crippen LogP contribution in [0.5, 0.6) is 5.75 Å². The van der Waals surface area contributed by atoms with Crippen LogP contribution >= 0.6 is 0 Å². The summed E-state index contributed by atoms with van der Waals surface area (Å²) in [7, 11) is -3.76. The number of ether oxygens (including phenoxy) is 1. The molecule has 0 bridgehead atoms. The third-order valence-corrected chi connectivity index (χ3v) is 6.47. The van der Waals surface area contributed by atoms with E-state index in [1.165, 1.54) is 10.4 Å². The Morgan fingerprint density at radius 2 is 1.79 bits per heavy atom. The van der Waals surface area contributed by atoms with Crippen LogP contribution in [0, 0.1) is 0 Å². The molecule has 29 heavy (non-hydrogen) atoms. The van der Waals surface area contributed by atoms with Gasteiger partial charge in [-0.3, -0.25) is 4.79 Å². The first-order chi connectivity index (χ1) is 13.9. The molecule has 1 amide bonds. The van der Waals surface area contributed by atoms with Crippen molar-refractivity contribution in [3.63, 3.8) is 0 Å². The number of nitrogens with zero attached hydrogens (tertiary/aromatic N) is 3. The number of hydrogen-bond donors (Lipinski definition) is 2. The average Bonchev–Trinajstić information content (AvgIpc) is 3.17. The SMILES string of the molecule is CCOc1ccc(NC(=O)c2ccc3n[nH]nc3c2)cc1S(=O)(=O)N(CC)CC. The molecule has 0 spiro atoms. The number of aromatic amines is 1. The molecular formula is C19H23N5O4S. The molecule has 1 heterocycles. The number of sulfonamides is 1. The Kier molecular flexibility index (Phi) is 6.14. The third kappa shape index (κ3) is 4.22. The molecule has 9 nitrogen and oxygen atoms in total. The van der Waals surface area contributed by atoms with E-state index in [0.717, 1.165) is 0 Å². The van der Waals surface area contributed by atoms with Gasteiger partial charge in [0.05, 0.1) is 6.61 Å². The Bertz CT molecular complexity index is 1120. The first-order valence-corrected chi connectivity index (χ1v) is 10.7. The molecule has 0 saturated heterocycles. The minimum atomic E-state index is -3.76. The molecule has 0 aliphatic rings. The highest BCUT2D eigenvalue weighted by Crippen LogP contribution is 2.30. The monoisotopic (exact) mass is 417 g/mol. The zero-order valence-corrected chi connectivity index (χ0v) is 17.3. The number of H-pyrrole nitrogens is 1. The second kappa shape index (κ2) is 8.58. The van der Waals surface area contributed by atoms with E-state index < -0.39 is 10.0 Å². The van der Waals surface area contributed by atoms with Gasteiger partial charge in [0, 0.05) is 24.3 Å². The van der Waals surface area contributed by atoms with Crippen molar-refractivity contribution >= 4 is 32.7 Å². The van der Waals surface area contributed by atoms with Crippen molar-refractivity contribution in [1.82, 2.24) is 19.7 Å². The van der Waals surface area contributed by atoms with Crippen LogP contribution in [-0.4, -0.2) is 53.7 Å². The van der Waals surface area contributed by atoms with Crippen molar-refractivity contribution in [2.24, 2.45) is 0 Å². The maximum Gasteiger partial charge on any atom is 0.255 e. The second-order valence-corrected chi connectivity index (χ2v) is 8.07. The van der Waals surface area contributed by atoms with Crippen molar-refractivity contribution in [3.8, 4) is 5.75 Å². The number of hydrogen-bond acceptors (Lipinski definition) is 6. The Morgan fingerprint density at radius 3 is 2.48 bits per heavy atom. The molecule has 0 radical (unpaired) electrons. The number of carbonyl (C=O) groups is 1. The number of rotatable bonds is 8. The van der Waals surface area contributed by atoms with Gasteiger partial charge in [0.15, 0.2) is 0 Å². The van der Waals surface area contributed by atoms with E-state index in [9.17, 15) is 13.2 Å². The molecule has 3 rings (SSSR count). The van der Waals surface area contributed by atoms with E-state index in [2.05, 4.69) is 20.7 Å². The normalized spacial score (nSPS) is 11.7. The summed E-state index contributed by atoms with van der Waals surface area (Å²) in [6.07, 6.45) is 0. The fraction of sp³-hybridized carbons (Fsp3) is 0.316. The largest absolute Gasteiger partial charge is 0.492 e. The minimum Gasteiger partial charge on any atom is -0.492 e. The van der Waals surface area contributed by atoms with E-state index in [4.69, 9.17) is 4.74 Å². The molecule has 10 heteroatoms. The van der Waals surface area contributed by atoms with Crippen molar-refractivity contribution < 1.29 is 17.9 Å². The second-order valence-electron chi connectivity index (χ2n) is 6.17. The van der Waals surface area contributed by atoms with Crippen LogP contribution in [0.2, 0.25) is 0 Å². The van der Waals surface area contributed by atoms with Crippen LogP contribution < -0.4 is 10.1 Å². The molecule has 2 N–H and O–H groups in total. The predicted octanol–water partition coefficient (Wildman–Crippen LogP) is 2.64. The summed E-state index contributed by atoms with van der Waals surface area (Å²) in [5.74, 6) is -0.133. The quantitative estimate of drug-likeness (QED) is 0.582. The lowest BCUT2D eigenvalue weighted by Crippen LogP contribution is -2.31. The van der Waals surface area contributed by atoms with E-state index in [0.29, 0.717) is 42.0 Å². The molecule has 0 aliphatic heterocycles. The number of aromatic nitrogens is 3. The highest BCUT2D eigenvalue weighted by Gasteiger charge is 2.26. The number of fused-ring (bicyclic) bond motifs is 1. The molecule has 1 aromatic heterocycles. The van der Waals surface area contributed by atoms with E-state index in [-0.39, 0.29) is 16.6 Å². The third-order valence-electron chi connectivity index (χ3n) is 4.40. The Labute approximate surface area is 169 Å². The lowest BCUT2D eigenvalue weighted by Gasteiger charge is -2.21. The van der Waals surface area contributed by atoms with Gasteiger partial charge < -0.3 is 10.1 Å². The zero-order chi connectivity index (χ0) is 21.0. The predicted molar refractivity (Wildman–Crippen MR) is 110 cm³/mol. The van der Waals surface area contributed by atoms with Crippen molar-refractivity contribution in [2.45, 2.75) is 25.7 Å². The lowest BCUT2D eigenvalue weighted by molar-refractivity contribution is 0.102. The molecule has 0 unspecified atom stereocenters. The first-order valence-electron chi connectivity index (χ1n) is 9.29. The highest BCUT2D eigenvalue weighted by molar-refractivity contribution is 7.89. The number of amides is 1. The van der Waals surface area contributed by atoms with Gasteiger partial charge in [-0.15, -0.1) is 0 Å². The van der Waals surface area contributed by atoms with Gasteiger partial charge in [0.2, 0.25) is 10.0 Å². The standard InChI is InChI=1S/C19H23N5O4S/c1-4-24(5-2)29(26,27)18-12-14(8-10-17(18)28-6-3)20-19(25)13-7-9-15-16(11-13)22-23-21-15/h7-12H,4-6H2,1-3H3,(H,20,25)(H,21,22,23). The van der Waals surface area contributed by atoms with Crippen LogP contribution in [0.1, 0.15) is 31.1 Å². The number of benzene rings is 2. The van der Waals surface area contributed by atoms with Gasteiger partial charge >= 0.3 is 0 Å². The van der Waals surface area contributed by atoms with Gasteiger partial charge in [-0.05, 0) is 43.3 Å². The van der Waals surface area contributed by atoms with E-state index >= 15 is 0 Å². The summed E-state index contributed by atoms with van der Waals surface area (Å²) in [4.78, 5) is 12.7. The fourth-order valence-electron chi connectivity index (χ4n) is 2.95. The summed E-state index contributed by atoms with van der Waals surface area (Å²) in [5, 5.41) is 13.2. The summed E-state index contributed by atoms with van der Waals surface area (Å²) in [6.45, 7) is 6.31. The summed E-state index contributed by atoms with van der Waals surface area (Å²) < 4.78 is 32.9. The van der Waals surface area contributed by atoms with Gasteiger partial charge in [-0.2, -0.15) is 19.7 Å². The molecule has 3 aromatic rings. The molecule has 0 aliphatic carbocycles. The smallest absolute Gasteiger partial charge is 0.255 e. The highest BCUT2D eigenvalue weighted by atomic mass is 32.2.